The Hall–Kier alpha value is -1.69. The zero-order valence-corrected chi connectivity index (χ0v) is 14.0. The molecule has 1 saturated heterocycles. The second-order valence-electron chi connectivity index (χ2n) is 6.86. The average Bonchev–Trinajstić information content (AvgIpc) is 3.00. The first kappa shape index (κ1) is 15.8. The number of benzene rings is 2. The maximum atomic E-state index is 13.4. The molecule has 2 heterocycles. The molecule has 24 heavy (non-hydrogen) atoms. The van der Waals surface area contributed by atoms with Gasteiger partial charge < -0.3 is 9.55 Å². The van der Waals surface area contributed by atoms with E-state index in [1.807, 2.05) is 6.07 Å². The minimum Gasteiger partial charge on any atom is -0.423 e. The first-order chi connectivity index (χ1) is 11.7. The molecule has 2 aliphatic rings. The van der Waals surface area contributed by atoms with Crippen LogP contribution in [-0.4, -0.2) is 49.9 Å². The lowest BCUT2D eigenvalue weighted by molar-refractivity contribution is 0.148. The van der Waals surface area contributed by atoms with Crippen molar-refractivity contribution < 1.29 is 9.04 Å². The number of likely N-dealkylation sites (N-methyl/N-ethyl adjacent to an activating group) is 1. The fourth-order valence-corrected chi connectivity index (χ4v) is 3.61. The maximum Gasteiger partial charge on any atom is 0.362 e. The smallest absolute Gasteiger partial charge is 0.362 e. The topological polar surface area (TPSA) is 15.7 Å². The van der Waals surface area contributed by atoms with Gasteiger partial charge in [0.1, 0.15) is 5.82 Å². The minimum absolute atomic E-state index is 0.0759. The molecule has 3 nitrogen and oxygen atoms in total. The van der Waals surface area contributed by atoms with Crippen LogP contribution in [0.3, 0.4) is 0 Å². The van der Waals surface area contributed by atoms with E-state index >= 15 is 0 Å². The highest BCUT2D eigenvalue weighted by Crippen LogP contribution is 2.14. The Bertz CT molecular complexity index is 731. The molecule has 0 unspecified atom stereocenters. The summed E-state index contributed by atoms with van der Waals surface area (Å²) in [6.45, 7) is 5.87. The lowest BCUT2D eigenvalue weighted by Gasteiger charge is -2.32. The van der Waals surface area contributed by atoms with E-state index in [1.165, 1.54) is 11.6 Å². The number of hydrogen-bond donors (Lipinski definition) is 0. The van der Waals surface area contributed by atoms with Crippen LogP contribution < -0.4 is 10.9 Å². The molecule has 0 spiro atoms. The van der Waals surface area contributed by atoms with Crippen molar-refractivity contribution in [2.24, 2.45) is 0 Å². The van der Waals surface area contributed by atoms with Crippen LogP contribution in [0.1, 0.15) is 11.1 Å². The van der Waals surface area contributed by atoms with Gasteiger partial charge in [-0.2, -0.15) is 0 Å². The van der Waals surface area contributed by atoms with Gasteiger partial charge in [0, 0.05) is 32.7 Å². The van der Waals surface area contributed by atoms with Crippen LogP contribution in [0.25, 0.3) is 0 Å². The summed E-state index contributed by atoms with van der Waals surface area (Å²) < 4.78 is 19.3. The Kier molecular flexibility index (Phi) is 4.40. The molecule has 0 saturated carbocycles. The van der Waals surface area contributed by atoms with Gasteiger partial charge in [-0.25, -0.2) is 4.39 Å². The lowest BCUT2D eigenvalue weighted by Crippen LogP contribution is -2.44. The molecule has 124 valence electrons. The molecular weight excluding hydrogens is 302 g/mol. The Morgan fingerprint density at radius 1 is 1.08 bits per heavy atom. The van der Waals surface area contributed by atoms with Crippen molar-refractivity contribution in [3.63, 3.8) is 0 Å². The number of hydrogen-bond acceptors (Lipinski definition) is 3. The van der Waals surface area contributed by atoms with Gasteiger partial charge in [0.2, 0.25) is 0 Å². The molecule has 0 amide bonds. The molecular formula is C19H22BFN2O. The molecule has 5 heteroatoms. The fourth-order valence-electron chi connectivity index (χ4n) is 3.61. The van der Waals surface area contributed by atoms with Crippen molar-refractivity contribution in [3.8, 4) is 0 Å². The zero-order valence-electron chi connectivity index (χ0n) is 14.0. The van der Waals surface area contributed by atoms with Gasteiger partial charge in [0.25, 0.3) is 0 Å². The van der Waals surface area contributed by atoms with E-state index in [4.69, 9.17) is 4.65 Å². The maximum absolute atomic E-state index is 13.4. The number of halogens is 1. The van der Waals surface area contributed by atoms with Crippen molar-refractivity contribution in [2.75, 3.05) is 33.2 Å². The second-order valence-corrected chi connectivity index (χ2v) is 6.86. The van der Waals surface area contributed by atoms with Crippen molar-refractivity contribution in [1.82, 2.24) is 9.80 Å². The third-order valence-electron chi connectivity index (χ3n) is 5.05. The fraction of sp³-hybridized carbons (Fsp3) is 0.368. The first-order valence-corrected chi connectivity index (χ1v) is 8.59. The molecule has 0 atom stereocenters. The van der Waals surface area contributed by atoms with Crippen LogP contribution in [-0.2, 0) is 17.8 Å². The third-order valence-corrected chi connectivity index (χ3v) is 5.05. The predicted octanol–water partition coefficient (Wildman–Crippen LogP) is 1.21. The van der Waals surface area contributed by atoms with Crippen LogP contribution in [0.5, 0.6) is 0 Å². The molecule has 0 radical (unpaired) electrons. The van der Waals surface area contributed by atoms with Crippen molar-refractivity contribution >= 4 is 17.8 Å². The van der Waals surface area contributed by atoms with Crippen molar-refractivity contribution in [2.45, 2.75) is 13.2 Å². The molecule has 2 aromatic rings. The molecule has 1 fully saturated rings. The number of fused-ring (bicyclic) bond motifs is 1. The van der Waals surface area contributed by atoms with Crippen molar-refractivity contribution in [3.05, 3.63) is 59.4 Å². The Morgan fingerprint density at radius 3 is 2.75 bits per heavy atom. The molecule has 0 aliphatic carbocycles. The second kappa shape index (κ2) is 6.67. The van der Waals surface area contributed by atoms with Gasteiger partial charge in [0.15, 0.2) is 0 Å². The highest BCUT2D eigenvalue weighted by atomic mass is 19.1. The quantitative estimate of drug-likeness (QED) is 0.790. The van der Waals surface area contributed by atoms with E-state index in [0.717, 1.165) is 49.2 Å². The van der Waals surface area contributed by atoms with Crippen LogP contribution in [0.2, 0.25) is 0 Å². The van der Waals surface area contributed by atoms with E-state index in [-0.39, 0.29) is 12.7 Å². The number of rotatable bonds is 3. The van der Waals surface area contributed by atoms with Crippen LogP contribution in [0.15, 0.2) is 42.5 Å². The monoisotopic (exact) mass is 324 g/mol. The van der Waals surface area contributed by atoms with Gasteiger partial charge in [-0.3, -0.25) is 4.90 Å². The average molecular weight is 324 g/mol. The molecule has 0 bridgehead atoms. The summed E-state index contributed by atoms with van der Waals surface area (Å²) in [6, 6.07) is 13.6. The van der Waals surface area contributed by atoms with Gasteiger partial charge in [-0.05, 0) is 41.2 Å². The number of nitrogens with zero attached hydrogens (tertiary/aromatic N) is 2. The van der Waals surface area contributed by atoms with E-state index < -0.39 is 0 Å². The summed E-state index contributed by atoms with van der Waals surface area (Å²) in [7, 11) is 2.18. The summed E-state index contributed by atoms with van der Waals surface area (Å²) in [4.78, 5) is 4.87. The lowest BCUT2D eigenvalue weighted by atomic mass is 9.55. The van der Waals surface area contributed by atoms with E-state index in [2.05, 4.69) is 41.1 Å². The highest BCUT2D eigenvalue weighted by Gasteiger charge is 2.30. The van der Waals surface area contributed by atoms with Crippen molar-refractivity contribution in [1.29, 1.82) is 0 Å². The molecule has 2 aliphatic heterocycles. The van der Waals surface area contributed by atoms with Crippen LogP contribution >= 0.6 is 0 Å². The Labute approximate surface area is 143 Å². The summed E-state index contributed by atoms with van der Waals surface area (Å²) >= 11 is 0. The normalized spacial score (nSPS) is 18.8. The first-order valence-electron chi connectivity index (χ1n) is 8.59. The highest BCUT2D eigenvalue weighted by molar-refractivity contribution is 6.81. The molecule has 0 aromatic heterocycles. The van der Waals surface area contributed by atoms with Gasteiger partial charge >= 0.3 is 6.92 Å². The van der Waals surface area contributed by atoms with Crippen LogP contribution in [0, 0.1) is 5.82 Å². The molecule has 0 N–H and O–H groups in total. The summed E-state index contributed by atoms with van der Waals surface area (Å²) in [6.07, 6.45) is 0. The number of piperazine rings is 1. The van der Waals surface area contributed by atoms with E-state index in [9.17, 15) is 4.39 Å². The zero-order chi connectivity index (χ0) is 16.5. The molecule has 2 aromatic carbocycles. The summed E-state index contributed by atoms with van der Waals surface area (Å²) in [5.41, 5.74) is 4.53. The predicted molar refractivity (Wildman–Crippen MR) is 95.4 cm³/mol. The Balaban J connectivity index is 1.52. The van der Waals surface area contributed by atoms with Gasteiger partial charge in [0.05, 0.1) is 6.61 Å². The summed E-state index contributed by atoms with van der Waals surface area (Å²) in [5, 5.41) is 0. The summed E-state index contributed by atoms with van der Waals surface area (Å²) in [5.74, 6) is -0.193. The van der Waals surface area contributed by atoms with Gasteiger partial charge in [-0.1, -0.05) is 30.3 Å². The SMILES string of the molecule is CN1CCN(Cc2cccc(B3OCc4cc(F)ccc43)c2)CC1. The molecule has 4 rings (SSSR count). The van der Waals surface area contributed by atoms with E-state index in [1.54, 1.807) is 6.07 Å². The van der Waals surface area contributed by atoms with Crippen LogP contribution in [0.4, 0.5) is 4.39 Å². The largest absolute Gasteiger partial charge is 0.423 e. The Morgan fingerprint density at radius 2 is 1.92 bits per heavy atom. The van der Waals surface area contributed by atoms with E-state index in [0.29, 0.717) is 6.61 Å². The van der Waals surface area contributed by atoms with Gasteiger partial charge in [-0.15, -0.1) is 0 Å². The minimum atomic E-state index is -0.193. The standard InChI is InChI=1S/C19H22BFN2O/c1-22-7-9-23(10-8-22)13-15-3-2-4-17(11-15)20-19-6-5-18(21)12-16(19)14-24-20/h2-6,11-12H,7-10,13-14H2,1H3. The third kappa shape index (κ3) is 3.25.